The number of aliphatic imine (C=N–C) groups is 1. The highest BCUT2D eigenvalue weighted by molar-refractivity contribution is 6.12. The largest absolute Gasteiger partial charge is 0.344 e. The van der Waals surface area contributed by atoms with E-state index in [0.29, 0.717) is 27.9 Å². The van der Waals surface area contributed by atoms with E-state index in [9.17, 15) is 21.0 Å². The third kappa shape index (κ3) is 3.30. The fourth-order valence-corrected chi connectivity index (χ4v) is 3.96. The Morgan fingerprint density at radius 2 is 1.24 bits per heavy atom. The van der Waals surface area contributed by atoms with E-state index < -0.39 is 5.54 Å². The molecule has 0 aliphatic carbocycles. The molecule has 1 N–H and O–H groups in total. The lowest BCUT2D eigenvalue weighted by molar-refractivity contribution is 0.845. The van der Waals surface area contributed by atoms with E-state index in [0.717, 1.165) is 11.1 Å². The highest BCUT2D eigenvalue weighted by Crippen LogP contribution is 2.33. The van der Waals surface area contributed by atoms with Crippen LogP contribution in [0.2, 0.25) is 0 Å². The lowest BCUT2D eigenvalue weighted by Gasteiger charge is -2.26. The average molecular weight is 478 g/mol. The number of aromatic nitrogens is 6. The van der Waals surface area contributed by atoms with E-state index >= 15 is 0 Å². The first-order chi connectivity index (χ1) is 17.9. The molecule has 4 heterocycles. The van der Waals surface area contributed by atoms with Crippen LogP contribution in [0.4, 0.5) is 11.6 Å². The van der Waals surface area contributed by atoms with E-state index in [1.54, 1.807) is 19.1 Å². The maximum atomic E-state index is 9.50. The normalized spacial score (nSPS) is 16.1. The molecule has 0 fully saturated rings. The Balaban J connectivity index is 1.46. The smallest absolute Gasteiger partial charge is 0.199 e. The zero-order chi connectivity index (χ0) is 25.7. The van der Waals surface area contributed by atoms with Gasteiger partial charge in [0, 0.05) is 0 Å². The monoisotopic (exact) mass is 478 g/mol. The van der Waals surface area contributed by atoms with Gasteiger partial charge < -0.3 is 5.32 Å². The quantitative estimate of drug-likeness (QED) is 0.347. The van der Waals surface area contributed by atoms with Gasteiger partial charge in [-0.25, -0.2) is 34.9 Å². The Labute approximate surface area is 207 Å². The first kappa shape index (κ1) is 21.4. The van der Waals surface area contributed by atoms with Gasteiger partial charge in [-0.1, -0.05) is 12.1 Å². The van der Waals surface area contributed by atoms with Crippen molar-refractivity contribution >= 4 is 50.7 Å². The van der Waals surface area contributed by atoms with Crippen LogP contribution in [0, 0.1) is 45.3 Å². The average Bonchev–Trinajstić information content (AvgIpc) is 2.93. The SMILES string of the molecule is CC1(C#N)Nc2nc3ccc(-c4ccc5nc6nc(C#N)c(C#N)nc6nc5c4)cc3nc2N=C1C#N. The second-order valence-corrected chi connectivity index (χ2v) is 8.25. The minimum Gasteiger partial charge on any atom is -0.344 e. The van der Waals surface area contributed by atoms with E-state index in [2.05, 4.69) is 46.3 Å². The second kappa shape index (κ2) is 7.71. The maximum absolute atomic E-state index is 9.50. The summed E-state index contributed by atoms with van der Waals surface area (Å²) in [6, 6.07) is 18.7. The maximum Gasteiger partial charge on any atom is 0.199 e. The number of nitriles is 4. The van der Waals surface area contributed by atoms with Crippen LogP contribution in [-0.4, -0.2) is 41.2 Å². The Bertz CT molecular complexity index is 2030. The van der Waals surface area contributed by atoms with Crippen LogP contribution in [0.1, 0.15) is 18.3 Å². The molecule has 0 saturated carbocycles. The number of hydrogen-bond acceptors (Lipinski definition) is 12. The summed E-state index contributed by atoms with van der Waals surface area (Å²) in [5.74, 6) is 0.557. The van der Waals surface area contributed by atoms with Gasteiger partial charge in [-0.2, -0.15) is 21.0 Å². The molecule has 0 bridgehead atoms. The first-order valence-electron chi connectivity index (χ1n) is 10.8. The molecule has 37 heavy (non-hydrogen) atoms. The number of fused-ring (bicyclic) bond motifs is 4. The highest BCUT2D eigenvalue weighted by atomic mass is 15.2. The number of hydrogen-bond donors (Lipinski definition) is 1. The van der Waals surface area contributed by atoms with E-state index in [-0.39, 0.29) is 34.2 Å². The number of nitrogens with one attached hydrogen (secondary N) is 1. The van der Waals surface area contributed by atoms with Crippen molar-refractivity contribution in [1.29, 1.82) is 21.0 Å². The van der Waals surface area contributed by atoms with Gasteiger partial charge in [0.1, 0.15) is 18.2 Å². The highest BCUT2D eigenvalue weighted by Gasteiger charge is 2.36. The third-order valence-corrected chi connectivity index (χ3v) is 5.87. The van der Waals surface area contributed by atoms with Gasteiger partial charge >= 0.3 is 0 Å². The van der Waals surface area contributed by atoms with E-state index in [1.807, 2.05) is 42.5 Å². The van der Waals surface area contributed by atoms with Gasteiger partial charge in [-0.15, -0.1) is 0 Å². The molecule has 3 aromatic heterocycles. The van der Waals surface area contributed by atoms with Crippen LogP contribution >= 0.6 is 0 Å². The minimum atomic E-state index is -1.28. The first-order valence-corrected chi connectivity index (χ1v) is 10.8. The lowest BCUT2D eigenvalue weighted by Crippen LogP contribution is -2.43. The van der Waals surface area contributed by atoms with Gasteiger partial charge in [-0.3, -0.25) is 0 Å². The van der Waals surface area contributed by atoms with Crippen LogP contribution in [-0.2, 0) is 0 Å². The summed E-state index contributed by atoms with van der Waals surface area (Å²) in [6.45, 7) is 1.56. The molecule has 0 spiro atoms. The van der Waals surface area contributed by atoms with Crippen LogP contribution in [0.5, 0.6) is 0 Å². The summed E-state index contributed by atoms with van der Waals surface area (Å²) in [6.07, 6.45) is 0. The van der Waals surface area contributed by atoms with Crippen LogP contribution in [0.15, 0.2) is 41.4 Å². The van der Waals surface area contributed by atoms with Gasteiger partial charge in [-0.05, 0) is 42.3 Å². The summed E-state index contributed by atoms with van der Waals surface area (Å²) in [5, 5.41) is 40.3. The van der Waals surface area contributed by atoms with E-state index in [4.69, 9.17) is 0 Å². The molecule has 6 rings (SSSR count). The van der Waals surface area contributed by atoms with Crippen molar-refractivity contribution in [3.63, 3.8) is 0 Å². The summed E-state index contributed by atoms with van der Waals surface area (Å²) < 4.78 is 0. The summed E-state index contributed by atoms with van der Waals surface area (Å²) in [5.41, 5.74) is 2.74. The van der Waals surface area contributed by atoms with Crippen molar-refractivity contribution in [3.8, 4) is 35.4 Å². The lowest BCUT2D eigenvalue weighted by atomic mass is 9.97. The molecule has 1 atom stereocenters. The van der Waals surface area contributed by atoms with Crippen molar-refractivity contribution in [1.82, 2.24) is 29.9 Å². The molecule has 0 saturated heterocycles. The van der Waals surface area contributed by atoms with Crippen LogP contribution in [0.25, 0.3) is 44.5 Å². The predicted molar refractivity (Wildman–Crippen MR) is 131 cm³/mol. The Hall–Kier alpha value is -6.11. The zero-order valence-electron chi connectivity index (χ0n) is 18.9. The van der Waals surface area contributed by atoms with Gasteiger partial charge in [0.2, 0.25) is 0 Å². The van der Waals surface area contributed by atoms with Gasteiger partial charge in [0.05, 0.1) is 28.1 Å². The molecule has 1 aliphatic heterocycles. The van der Waals surface area contributed by atoms with Crippen molar-refractivity contribution in [2.75, 3.05) is 5.32 Å². The minimum absolute atomic E-state index is 0.0113. The molecule has 1 aliphatic rings. The van der Waals surface area contributed by atoms with Gasteiger partial charge in [0.25, 0.3) is 0 Å². The van der Waals surface area contributed by atoms with Crippen LogP contribution in [0.3, 0.4) is 0 Å². The molecule has 1 unspecified atom stereocenters. The molecule has 12 nitrogen and oxygen atoms in total. The predicted octanol–water partition coefficient (Wildman–Crippen LogP) is 3.23. The summed E-state index contributed by atoms with van der Waals surface area (Å²) in [7, 11) is 0. The van der Waals surface area contributed by atoms with Crippen molar-refractivity contribution in [3.05, 3.63) is 47.8 Å². The summed E-state index contributed by atoms with van der Waals surface area (Å²) in [4.78, 5) is 30.5. The Morgan fingerprint density at radius 3 is 1.81 bits per heavy atom. The van der Waals surface area contributed by atoms with Crippen molar-refractivity contribution in [2.45, 2.75) is 12.5 Å². The zero-order valence-corrected chi connectivity index (χ0v) is 18.9. The number of benzene rings is 2. The molecule has 2 aromatic carbocycles. The molecule has 0 radical (unpaired) electrons. The third-order valence-electron chi connectivity index (χ3n) is 5.87. The van der Waals surface area contributed by atoms with Crippen molar-refractivity contribution in [2.24, 2.45) is 4.99 Å². The Kier molecular flexibility index (Phi) is 4.46. The molecule has 12 heteroatoms. The molecule has 5 aromatic rings. The standard InChI is InChI=1S/C25H10N12/c1-25(11-29)20(10-28)36-23-24(37-25)31-15-5-3-13(7-17(15)33-23)12-2-4-14-16(6-12)32-22-21(30-14)34-18(8-26)19(9-27)35-22/h2-7H,1H3,(H,31,37). The van der Waals surface area contributed by atoms with Gasteiger partial charge in [0.15, 0.2) is 45.6 Å². The fraction of sp³-hybridized carbons (Fsp3) is 0.0800. The number of rotatable bonds is 1. The fourth-order valence-electron chi connectivity index (χ4n) is 3.96. The number of anilines is 1. The molecule has 0 amide bonds. The molecular weight excluding hydrogens is 468 g/mol. The second-order valence-electron chi connectivity index (χ2n) is 8.25. The van der Waals surface area contributed by atoms with E-state index in [1.165, 1.54) is 0 Å². The van der Waals surface area contributed by atoms with Crippen molar-refractivity contribution < 1.29 is 0 Å². The molecular formula is C25H10N12. The number of nitrogens with zero attached hydrogens (tertiary/aromatic N) is 11. The molecule has 170 valence electrons. The summed E-state index contributed by atoms with van der Waals surface area (Å²) >= 11 is 0. The Morgan fingerprint density at radius 1 is 0.676 bits per heavy atom. The topological polar surface area (TPSA) is 197 Å². The van der Waals surface area contributed by atoms with Crippen LogP contribution < -0.4 is 5.32 Å².